The Morgan fingerprint density at radius 3 is 2.48 bits per heavy atom. The van der Waals surface area contributed by atoms with Gasteiger partial charge in [-0.2, -0.15) is 0 Å². The molecular weight excluding hydrogens is 266 g/mol. The summed E-state index contributed by atoms with van der Waals surface area (Å²) in [5, 5.41) is 0. The standard InChI is InChI=1S/C17H20NO3/c1-4-20-18-12-6-5-7-16(18)17(19)21-15-10-8-14(9-11-15)13(2)3/h5-13H,4H2,1-3H3/q+1. The number of benzene rings is 1. The van der Waals surface area contributed by atoms with Gasteiger partial charge in [-0.15, -0.1) is 0 Å². The van der Waals surface area contributed by atoms with E-state index in [0.717, 1.165) is 0 Å². The molecule has 110 valence electrons. The quantitative estimate of drug-likeness (QED) is 0.482. The molecule has 0 atom stereocenters. The van der Waals surface area contributed by atoms with E-state index in [-0.39, 0.29) is 0 Å². The number of aromatic nitrogens is 1. The first-order chi connectivity index (χ1) is 10.1. The zero-order valence-corrected chi connectivity index (χ0v) is 12.6. The smallest absolute Gasteiger partial charge is 0.414 e. The summed E-state index contributed by atoms with van der Waals surface area (Å²) in [6, 6.07) is 12.8. The second kappa shape index (κ2) is 6.88. The summed E-state index contributed by atoms with van der Waals surface area (Å²) >= 11 is 0. The van der Waals surface area contributed by atoms with E-state index in [1.54, 1.807) is 36.5 Å². The Morgan fingerprint density at radius 2 is 1.86 bits per heavy atom. The summed E-state index contributed by atoms with van der Waals surface area (Å²) in [5.74, 6) is 0.529. The van der Waals surface area contributed by atoms with Gasteiger partial charge in [0, 0.05) is 16.9 Å². The third-order valence-corrected chi connectivity index (χ3v) is 3.06. The molecule has 0 radical (unpaired) electrons. The molecular formula is C17H20NO3+. The average Bonchev–Trinajstić information content (AvgIpc) is 2.48. The van der Waals surface area contributed by atoms with E-state index < -0.39 is 5.97 Å². The third kappa shape index (κ3) is 3.81. The molecule has 21 heavy (non-hydrogen) atoms. The Hall–Kier alpha value is -2.36. The van der Waals surface area contributed by atoms with Crippen molar-refractivity contribution in [2.24, 2.45) is 0 Å². The number of esters is 1. The van der Waals surface area contributed by atoms with Crippen LogP contribution in [0.4, 0.5) is 0 Å². The van der Waals surface area contributed by atoms with Crippen LogP contribution in [0, 0.1) is 0 Å². The molecule has 0 fully saturated rings. The number of ether oxygens (including phenoxy) is 1. The van der Waals surface area contributed by atoms with E-state index in [0.29, 0.717) is 24.0 Å². The molecule has 0 spiro atoms. The van der Waals surface area contributed by atoms with Crippen LogP contribution in [0.2, 0.25) is 0 Å². The second-order valence-electron chi connectivity index (χ2n) is 4.94. The van der Waals surface area contributed by atoms with Crippen LogP contribution in [-0.2, 0) is 0 Å². The molecule has 1 aromatic carbocycles. The Balaban J connectivity index is 2.14. The van der Waals surface area contributed by atoms with Crippen molar-refractivity contribution < 1.29 is 19.1 Å². The highest BCUT2D eigenvalue weighted by Gasteiger charge is 2.22. The lowest BCUT2D eigenvalue weighted by Gasteiger charge is -2.07. The van der Waals surface area contributed by atoms with Gasteiger partial charge in [0.15, 0.2) is 6.61 Å². The Labute approximate surface area is 124 Å². The predicted octanol–water partition coefficient (Wildman–Crippen LogP) is 2.77. The van der Waals surface area contributed by atoms with Crippen LogP contribution in [0.15, 0.2) is 48.7 Å². The Morgan fingerprint density at radius 1 is 1.14 bits per heavy atom. The van der Waals surface area contributed by atoms with E-state index in [4.69, 9.17) is 9.57 Å². The van der Waals surface area contributed by atoms with Gasteiger partial charge in [0.2, 0.25) is 6.20 Å². The number of hydrogen-bond donors (Lipinski definition) is 0. The summed E-state index contributed by atoms with van der Waals surface area (Å²) < 4.78 is 6.80. The first-order valence-corrected chi connectivity index (χ1v) is 7.08. The molecule has 2 aromatic rings. The number of carbonyl (C=O) groups excluding carboxylic acids is 1. The van der Waals surface area contributed by atoms with Gasteiger partial charge in [0.25, 0.3) is 0 Å². The number of hydrogen-bond acceptors (Lipinski definition) is 3. The fraction of sp³-hybridized carbons (Fsp3) is 0.294. The van der Waals surface area contributed by atoms with Crippen molar-refractivity contribution in [1.29, 1.82) is 0 Å². The number of pyridine rings is 1. The summed E-state index contributed by atoms with van der Waals surface area (Å²) in [6.07, 6.45) is 1.68. The highest BCUT2D eigenvalue weighted by molar-refractivity contribution is 5.87. The zero-order valence-electron chi connectivity index (χ0n) is 12.6. The van der Waals surface area contributed by atoms with Gasteiger partial charge in [0.05, 0.1) is 0 Å². The monoisotopic (exact) mass is 286 g/mol. The van der Waals surface area contributed by atoms with Crippen molar-refractivity contribution in [3.05, 3.63) is 59.9 Å². The lowest BCUT2D eigenvalue weighted by Crippen LogP contribution is -2.48. The molecule has 0 aliphatic heterocycles. The van der Waals surface area contributed by atoms with Crippen molar-refractivity contribution in [3.63, 3.8) is 0 Å². The highest BCUT2D eigenvalue weighted by Crippen LogP contribution is 2.19. The third-order valence-electron chi connectivity index (χ3n) is 3.06. The van der Waals surface area contributed by atoms with Crippen LogP contribution >= 0.6 is 0 Å². The van der Waals surface area contributed by atoms with Crippen molar-refractivity contribution in [3.8, 4) is 5.75 Å². The minimum absolute atomic E-state index is 0.354. The summed E-state index contributed by atoms with van der Waals surface area (Å²) in [4.78, 5) is 17.6. The molecule has 0 amide bonds. The Kier molecular flexibility index (Phi) is 4.93. The first-order valence-electron chi connectivity index (χ1n) is 7.08. The second-order valence-corrected chi connectivity index (χ2v) is 4.94. The summed E-state index contributed by atoms with van der Waals surface area (Å²) in [6.45, 7) is 6.57. The van der Waals surface area contributed by atoms with Crippen LogP contribution in [-0.4, -0.2) is 12.6 Å². The van der Waals surface area contributed by atoms with Gasteiger partial charge in [-0.3, -0.25) is 4.84 Å². The molecule has 1 aromatic heterocycles. The van der Waals surface area contributed by atoms with Crippen LogP contribution in [0.1, 0.15) is 42.7 Å². The van der Waals surface area contributed by atoms with Crippen LogP contribution in [0.3, 0.4) is 0 Å². The fourth-order valence-corrected chi connectivity index (χ4v) is 1.92. The van der Waals surface area contributed by atoms with Crippen molar-refractivity contribution in [2.75, 3.05) is 6.61 Å². The van der Waals surface area contributed by atoms with E-state index in [2.05, 4.69) is 13.8 Å². The fourth-order valence-electron chi connectivity index (χ4n) is 1.92. The van der Waals surface area contributed by atoms with E-state index >= 15 is 0 Å². The Bertz CT molecular complexity index is 606. The normalized spacial score (nSPS) is 10.5. The molecule has 4 nitrogen and oxygen atoms in total. The minimum atomic E-state index is -0.443. The first kappa shape index (κ1) is 15.0. The van der Waals surface area contributed by atoms with Gasteiger partial charge >= 0.3 is 11.7 Å². The zero-order chi connectivity index (χ0) is 15.2. The molecule has 0 unspecified atom stereocenters. The average molecular weight is 286 g/mol. The van der Waals surface area contributed by atoms with Gasteiger partial charge in [0.1, 0.15) is 5.75 Å². The van der Waals surface area contributed by atoms with Crippen molar-refractivity contribution in [2.45, 2.75) is 26.7 Å². The lowest BCUT2D eigenvalue weighted by atomic mass is 10.0. The van der Waals surface area contributed by atoms with Crippen molar-refractivity contribution >= 4 is 5.97 Å². The molecule has 0 saturated heterocycles. The molecule has 0 bridgehead atoms. The highest BCUT2D eigenvalue weighted by atomic mass is 16.7. The topological polar surface area (TPSA) is 39.4 Å². The van der Waals surface area contributed by atoms with Crippen LogP contribution < -0.4 is 14.3 Å². The van der Waals surface area contributed by atoms with Gasteiger partial charge in [-0.05, 0) is 36.6 Å². The molecule has 4 heteroatoms. The maximum absolute atomic E-state index is 12.2. The van der Waals surface area contributed by atoms with Gasteiger partial charge < -0.3 is 4.74 Å². The van der Waals surface area contributed by atoms with E-state index in [9.17, 15) is 4.79 Å². The molecule has 0 N–H and O–H groups in total. The molecule has 0 aliphatic rings. The predicted molar refractivity (Wildman–Crippen MR) is 79.2 cm³/mol. The number of rotatable bonds is 5. The van der Waals surface area contributed by atoms with Crippen LogP contribution in [0.25, 0.3) is 0 Å². The van der Waals surface area contributed by atoms with Crippen molar-refractivity contribution in [1.82, 2.24) is 0 Å². The number of nitrogens with zero attached hydrogens (tertiary/aromatic N) is 1. The largest absolute Gasteiger partial charge is 0.418 e. The van der Waals surface area contributed by atoms with Gasteiger partial charge in [-0.25, -0.2) is 4.79 Å². The minimum Gasteiger partial charge on any atom is -0.418 e. The lowest BCUT2D eigenvalue weighted by molar-refractivity contribution is -0.892. The van der Waals surface area contributed by atoms with Gasteiger partial charge in [-0.1, -0.05) is 26.0 Å². The molecule has 2 rings (SSSR count). The van der Waals surface area contributed by atoms with Crippen LogP contribution in [0.5, 0.6) is 5.75 Å². The summed E-state index contributed by atoms with van der Waals surface area (Å²) in [7, 11) is 0. The van der Waals surface area contributed by atoms with E-state index in [1.165, 1.54) is 10.3 Å². The molecule has 0 saturated carbocycles. The maximum Gasteiger partial charge on any atom is 0.414 e. The molecule has 0 aliphatic carbocycles. The number of carbonyl (C=O) groups is 1. The maximum atomic E-state index is 12.2. The summed E-state index contributed by atoms with van der Waals surface area (Å²) in [5.41, 5.74) is 1.56. The molecule has 1 heterocycles. The SMILES string of the molecule is CCO[n+]1ccccc1C(=O)Oc1ccc(C(C)C)cc1. The van der Waals surface area contributed by atoms with E-state index in [1.807, 2.05) is 19.1 Å².